The molecule has 0 amide bonds. The van der Waals surface area contributed by atoms with Gasteiger partial charge >= 0.3 is 38.0 Å². The van der Waals surface area contributed by atoms with Gasteiger partial charge in [0.1, 0.15) is 0 Å². The minimum atomic E-state index is -5.84. The molecule has 9 nitrogen and oxygen atoms in total. The third kappa shape index (κ3) is 10.1. The van der Waals surface area contributed by atoms with Crippen LogP contribution in [0.25, 0.3) is 33.0 Å². The maximum atomic E-state index is 11.1. The molecule has 0 saturated carbocycles. The van der Waals surface area contributed by atoms with Gasteiger partial charge in [0.2, 0.25) is 0 Å². The summed E-state index contributed by atoms with van der Waals surface area (Å²) in [4.78, 5) is 20.3. The Morgan fingerprint density at radius 3 is 2.05 bits per heavy atom. The smallest absolute Gasteiger partial charge is 0.511 e. The largest absolute Gasteiger partial charge is 3.00 e. The van der Waals surface area contributed by atoms with Crippen molar-refractivity contribution >= 4 is 27.1 Å². The zero-order chi connectivity index (χ0) is 30.2. The van der Waals surface area contributed by atoms with Crippen LogP contribution in [0.4, 0.5) is 18.9 Å². The van der Waals surface area contributed by atoms with Gasteiger partial charge < -0.3 is 14.8 Å². The fraction of sp³-hybridized carbons (Fsp3) is 0.111. The van der Waals surface area contributed by atoms with E-state index in [2.05, 4.69) is 12.1 Å². The van der Waals surface area contributed by atoms with Crippen molar-refractivity contribution < 1.29 is 53.4 Å². The molecule has 0 aliphatic carbocycles. The number of hydrogen-bond acceptors (Lipinski definition) is 8. The van der Waals surface area contributed by atoms with Crippen LogP contribution in [0, 0.1) is 28.9 Å². The van der Waals surface area contributed by atoms with Crippen LogP contribution in [-0.2, 0) is 32.5 Å². The van der Waals surface area contributed by atoms with Crippen molar-refractivity contribution in [2.45, 2.75) is 5.51 Å². The Morgan fingerprint density at radius 1 is 0.976 bits per heavy atom. The van der Waals surface area contributed by atoms with E-state index in [1.807, 2.05) is 96.9 Å². The van der Waals surface area contributed by atoms with E-state index in [4.69, 9.17) is 18.0 Å². The normalized spacial score (nSPS) is 12.4. The van der Waals surface area contributed by atoms with Gasteiger partial charge in [0.25, 0.3) is 0 Å². The second kappa shape index (κ2) is 15.1. The van der Waals surface area contributed by atoms with Crippen molar-refractivity contribution in [1.82, 2.24) is 14.8 Å². The second-order valence-corrected chi connectivity index (χ2v) is 10.6. The zero-order valence-corrected chi connectivity index (χ0v) is 25.6. The molecule has 4 aromatic rings. The van der Waals surface area contributed by atoms with Gasteiger partial charge in [0, 0.05) is 4.92 Å². The van der Waals surface area contributed by atoms with Gasteiger partial charge in [-0.1, -0.05) is 59.5 Å². The first-order valence-corrected chi connectivity index (χ1v) is 13.8. The summed E-state index contributed by atoms with van der Waals surface area (Å²) in [5.74, 6) is 0. The number of benzene rings is 2. The van der Waals surface area contributed by atoms with Gasteiger partial charge in [-0.25, -0.2) is 11.3 Å². The predicted molar refractivity (Wildman–Crippen MR) is 149 cm³/mol. The zero-order valence-electron chi connectivity index (χ0n) is 21.8. The fourth-order valence-corrected chi connectivity index (χ4v) is 3.89. The summed E-state index contributed by atoms with van der Waals surface area (Å²) >= 11 is 1.56. The first kappa shape index (κ1) is 34.7. The molecule has 3 heterocycles. The van der Waals surface area contributed by atoms with E-state index in [9.17, 15) is 23.3 Å². The van der Waals surface area contributed by atoms with Crippen molar-refractivity contribution in [3.8, 4) is 33.0 Å². The number of rotatable bonds is 4. The Bertz CT molecular complexity index is 1590. The number of non-ortho nitro benzene ring substituents is 1. The van der Waals surface area contributed by atoms with Gasteiger partial charge in [0.05, 0.1) is 0 Å². The van der Waals surface area contributed by atoms with Gasteiger partial charge in [-0.05, 0) is 49.0 Å². The Morgan fingerprint density at radius 2 is 1.57 bits per heavy atom. The summed E-state index contributed by atoms with van der Waals surface area (Å²) in [5.41, 5.74) is -1.44. The van der Waals surface area contributed by atoms with Crippen molar-refractivity contribution in [3.05, 3.63) is 113 Å². The maximum Gasteiger partial charge on any atom is 3.00 e. The molecule has 0 atom stereocenters. The van der Waals surface area contributed by atoms with Crippen LogP contribution >= 0.6 is 11.3 Å². The number of nitro benzene ring substituents is 1. The molecule has 0 unspecified atom stereocenters. The molecule has 15 heteroatoms. The third-order valence-corrected chi connectivity index (χ3v) is 6.52. The van der Waals surface area contributed by atoms with Crippen molar-refractivity contribution in [2.75, 3.05) is 14.1 Å². The molecule has 42 heavy (non-hydrogen) atoms. The number of pyridine rings is 1. The molecule has 0 spiro atoms. The average Bonchev–Trinajstić information content (AvgIpc) is 3.60. The molecular weight excluding hydrogens is 778 g/mol. The number of halogens is 3. The topological polar surface area (TPSA) is 117 Å². The minimum absolute atomic E-state index is 0. The monoisotopic (exact) mass is 800 g/mol. The summed E-state index contributed by atoms with van der Waals surface area (Å²) in [5, 5.41) is 13.0. The van der Waals surface area contributed by atoms with E-state index < -0.39 is 20.5 Å². The maximum absolute atomic E-state index is 11.1. The number of hydrogen-bond donors (Lipinski definition) is 1. The SMILES string of the molecule is CN1C=CN(C)[CH-]1.O=S(=O)(O)C(F)(F)F.O=[N+]([O-])c1cc[c-]c(-c2cc(-c3ccccc3)cc(-c3[c-]ccs3)n2)c1.[Au+3]. The number of alkyl halides is 3. The van der Waals surface area contributed by atoms with E-state index in [1.54, 1.807) is 17.4 Å². The molecule has 5 rings (SSSR count). The van der Waals surface area contributed by atoms with Crippen LogP contribution in [-0.4, -0.2) is 52.3 Å². The van der Waals surface area contributed by atoms with Crippen LogP contribution < -0.4 is 0 Å². The van der Waals surface area contributed by atoms with E-state index >= 15 is 0 Å². The van der Waals surface area contributed by atoms with Gasteiger partial charge in [-0.3, -0.25) is 14.7 Å². The first-order chi connectivity index (χ1) is 19.2. The molecule has 0 fully saturated rings. The fourth-order valence-electron chi connectivity index (χ4n) is 3.25. The predicted octanol–water partition coefficient (Wildman–Crippen LogP) is 6.50. The van der Waals surface area contributed by atoms with E-state index in [0.29, 0.717) is 11.3 Å². The third-order valence-electron chi connectivity index (χ3n) is 5.10. The molecule has 2 aromatic heterocycles. The summed E-state index contributed by atoms with van der Waals surface area (Å²) < 4.78 is 57.5. The molecule has 2 aromatic carbocycles. The van der Waals surface area contributed by atoms with Crippen LogP contribution in [0.1, 0.15) is 0 Å². The van der Waals surface area contributed by atoms with Crippen molar-refractivity contribution in [2.24, 2.45) is 0 Å². The molecule has 1 aliphatic rings. The summed E-state index contributed by atoms with van der Waals surface area (Å²) in [6, 6.07) is 26.5. The Kier molecular flexibility index (Phi) is 12.5. The number of thiophene rings is 1. The number of nitrogens with zero attached hydrogens (tertiary/aromatic N) is 4. The summed E-state index contributed by atoms with van der Waals surface area (Å²) in [6.07, 6.45) is 4.00. The van der Waals surface area contributed by atoms with E-state index in [1.165, 1.54) is 12.1 Å². The number of nitro groups is 1. The Hall–Kier alpha value is -3.53. The van der Waals surface area contributed by atoms with Crippen LogP contribution in [0.3, 0.4) is 0 Å². The molecule has 0 saturated heterocycles. The molecule has 0 bridgehead atoms. The van der Waals surface area contributed by atoms with Gasteiger partial charge in [0.15, 0.2) is 5.69 Å². The second-order valence-electron chi connectivity index (χ2n) is 8.27. The van der Waals surface area contributed by atoms with Crippen LogP contribution in [0.5, 0.6) is 0 Å². The van der Waals surface area contributed by atoms with Gasteiger partial charge in [-0.2, -0.15) is 40.4 Å². The molecule has 1 N–H and O–H groups in total. The Balaban J connectivity index is 0.000000318. The molecule has 224 valence electrons. The van der Waals surface area contributed by atoms with Gasteiger partial charge in [-0.15, -0.1) is 23.1 Å². The van der Waals surface area contributed by atoms with Crippen molar-refractivity contribution in [1.29, 1.82) is 0 Å². The summed E-state index contributed by atoms with van der Waals surface area (Å²) in [7, 11) is -1.84. The molecular formula is C27H22AuF3N4O5S2. The summed E-state index contributed by atoms with van der Waals surface area (Å²) in [6.45, 7) is 2.00. The first-order valence-electron chi connectivity index (χ1n) is 11.4. The molecule has 1 aliphatic heterocycles. The van der Waals surface area contributed by atoms with E-state index in [0.717, 1.165) is 21.7 Å². The van der Waals surface area contributed by atoms with Crippen molar-refractivity contribution in [3.63, 3.8) is 0 Å². The van der Waals surface area contributed by atoms with E-state index in [-0.39, 0.29) is 28.1 Å². The average molecular weight is 801 g/mol. The number of aromatic nitrogens is 1. The quantitative estimate of drug-likeness (QED) is 0.0622. The van der Waals surface area contributed by atoms with Crippen LogP contribution in [0.2, 0.25) is 0 Å². The Labute approximate surface area is 260 Å². The standard InChI is InChI=1S/C21H12N2O2S.C5H9N2.CHF3O3S.Au/c24-23(25)18-9-4-8-16(12-18)19-13-17(15-6-2-1-3-7-15)14-20(22-19)21-10-5-11-26-21;1-6-3-4-7(2)5-6;2-1(3,4)8(5,6)7;/h1-7,9,11-14H;3-5H,1-2H3;(H,5,6,7);/q-2;-1;;+3. The minimum Gasteiger partial charge on any atom is -0.511 e. The van der Waals surface area contributed by atoms with Crippen LogP contribution in [0.15, 0.2) is 84.5 Å². The molecule has 0 radical (unpaired) electrons.